The Balaban J connectivity index is 2.18. The van der Waals surface area contributed by atoms with E-state index in [1.807, 2.05) is 0 Å². The van der Waals surface area contributed by atoms with Crippen molar-refractivity contribution in [3.05, 3.63) is 17.8 Å². The number of hydrogen-bond donors (Lipinski definition) is 1. The van der Waals surface area contributed by atoms with Gasteiger partial charge in [0.05, 0.1) is 25.9 Å². The number of morpholine rings is 1. The van der Waals surface area contributed by atoms with E-state index < -0.39 is 11.9 Å². The lowest BCUT2D eigenvalue weighted by molar-refractivity contribution is -0.141. The Hall–Kier alpha value is -1.41. The smallest absolute Gasteiger partial charge is 0.394 e. The summed E-state index contributed by atoms with van der Waals surface area (Å²) in [5, 5.41) is 15.9. The zero-order chi connectivity index (χ0) is 13.2. The minimum Gasteiger partial charge on any atom is -0.394 e. The monoisotopic (exact) mass is 263 g/mol. The molecule has 1 aromatic rings. The van der Waals surface area contributed by atoms with Crippen LogP contribution >= 0.6 is 0 Å². The minimum absolute atomic E-state index is 0.150. The number of anilines is 1. The number of aliphatic hydroxyl groups excluding tert-OH is 1. The number of aliphatic hydroxyl groups is 1. The van der Waals surface area contributed by atoms with E-state index in [-0.39, 0.29) is 12.6 Å². The first-order valence-corrected chi connectivity index (χ1v) is 5.38. The minimum atomic E-state index is -4.49. The molecule has 2 rings (SSSR count). The summed E-state index contributed by atoms with van der Waals surface area (Å²) >= 11 is 0. The van der Waals surface area contributed by atoms with Crippen LogP contribution in [0.5, 0.6) is 0 Å². The predicted octanol–water partition coefficient (Wildman–Crippen LogP) is 0.693. The molecule has 5 nitrogen and oxygen atoms in total. The third-order valence-electron chi connectivity index (χ3n) is 2.67. The van der Waals surface area contributed by atoms with Gasteiger partial charge in [-0.15, -0.1) is 10.2 Å². The molecule has 8 heteroatoms. The van der Waals surface area contributed by atoms with E-state index >= 15 is 0 Å². The number of nitrogens with zero attached hydrogens (tertiary/aromatic N) is 3. The molecule has 0 aromatic carbocycles. The molecule has 1 unspecified atom stereocenters. The van der Waals surface area contributed by atoms with Crippen LogP contribution in [0.3, 0.4) is 0 Å². The molecule has 0 saturated carbocycles. The maximum absolute atomic E-state index is 12.3. The van der Waals surface area contributed by atoms with Crippen LogP contribution in [0.2, 0.25) is 0 Å². The molecule has 1 N–H and O–H groups in total. The molecule has 1 fully saturated rings. The highest BCUT2D eigenvalue weighted by molar-refractivity contribution is 5.39. The normalized spacial score (nSPS) is 21.1. The van der Waals surface area contributed by atoms with E-state index in [4.69, 9.17) is 9.84 Å². The average Bonchev–Trinajstić information content (AvgIpc) is 2.38. The Morgan fingerprint density at radius 2 is 2.17 bits per heavy atom. The van der Waals surface area contributed by atoms with Crippen molar-refractivity contribution in [3.63, 3.8) is 0 Å². The highest BCUT2D eigenvalue weighted by Gasteiger charge is 2.33. The van der Waals surface area contributed by atoms with Gasteiger partial charge in [0.2, 0.25) is 0 Å². The van der Waals surface area contributed by atoms with Gasteiger partial charge in [0, 0.05) is 6.54 Å². The van der Waals surface area contributed by atoms with Gasteiger partial charge < -0.3 is 14.7 Å². The Morgan fingerprint density at radius 1 is 1.39 bits per heavy atom. The molecule has 1 saturated heterocycles. The molecule has 0 spiro atoms. The first-order chi connectivity index (χ1) is 8.52. The Labute approximate surface area is 101 Å². The highest BCUT2D eigenvalue weighted by Crippen LogP contribution is 2.28. The summed E-state index contributed by atoms with van der Waals surface area (Å²) < 4.78 is 42.2. The first kappa shape index (κ1) is 13.0. The quantitative estimate of drug-likeness (QED) is 0.851. The number of rotatable bonds is 2. The van der Waals surface area contributed by atoms with Gasteiger partial charge >= 0.3 is 6.18 Å². The molecule has 0 bridgehead atoms. The summed E-state index contributed by atoms with van der Waals surface area (Å²) in [5.74, 6) is 0.311. The molecule has 0 aliphatic carbocycles. The van der Waals surface area contributed by atoms with E-state index in [0.717, 1.165) is 6.07 Å². The number of hydrogen-bond acceptors (Lipinski definition) is 5. The molecule has 2 heterocycles. The van der Waals surface area contributed by atoms with Gasteiger partial charge in [-0.3, -0.25) is 0 Å². The lowest BCUT2D eigenvalue weighted by Gasteiger charge is -2.35. The molecule has 18 heavy (non-hydrogen) atoms. The van der Waals surface area contributed by atoms with Crippen molar-refractivity contribution in [1.82, 2.24) is 10.2 Å². The summed E-state index contributed by atoms with van der Waals surface area (Å²) in [4.78, 5) is 1.69. The second-order valence-electron chi connectivity index (χ2n) is 3.88. The van der Waals surface area contributed by atoms with Gasteiger partial charge in [0.25, 0.3) is 0 Å². The molecule has 1 atom stereocenters. The van der Waals surface area contributed by atoms with Gasteiger partial charge in [-0.2, -0.15) is 13.2 Å². The molecule has 1 aliphatic heterocycles. The third kappa shape index (κ3) is 2.70. The first-order valence-electron chi connectivity index (χ1n) is 5.38. The van der Waals surface area contributed by atoms with Gasteiger partial charge in [0.15, 0.2) is 11.5 Å². The van der Waals surface area contributed by atoms with Crippen LogP contribution < -0.4 is 4.90 Å². The van der Waals surface area contributed by atoms with Crippen LogP contribution in [0.25, 0.3) is 0 Å². The molecule has 0 radical (unpaired) electrons. The largest absolute Gasteiger partial charge is 0.435 e. The fourth-order valence-corrected chi connectivity index (χ4v) is 1.74. The number of halogens is 3. The molecule has 0 amide bonds. The Morgan fingerprint density at radius 3 is 2.72 bits per heavy atom. The number of aromatic nitrogens is 2. The lowest BCUT2D eigenvalue weighted by atomic mass is 10.2. The van der Waals surface area contributed by atoms with E-state index in [0.29, 0.717) is 25.6 Å². The maximum Gasteiger partial charge on any atom is 0.435 e. The molecular formula is C10H12F3N3O2. The van der Waals surface area contributed by atoms with Crippen LogP contribution in [0.4, 0.5) is 19.0 Å². The van der Waals surface area contributed by atoms with Crippen molar-refractivity contribution in [2.45, 2.75) is 12.2 Å². The SMILES string of the molecule is OCC1COCCN1c1ccc(C(F)(F)F)nn1. The number of ether oxygens (including phenoxy) is 1. The van der Waals surface area contributed by atoms with Gasteiger partial charge in [-0.1, -0.05) is 0 Å². The van der Waals surface area contributed by atoms with E-state index in [9.17, 15) is 13.2 Å². The van der Waals surface area contributed by atoms with E-state index in [1.54, 1.807) is 4.90 Å². The van der Waals surface area contributed by atoms with Crippen LogP contribution in [0.15, 0.2) is 12.1 Å². The maximum atomic E-state index is 12.3. The average molecular weight is 263 g/mol. The van der Waals surface area contributed by atoms with Crippen LogP contribution in [-0.2, 0) is 10.9 Å². The number of alkyl halides is 3. The van der Waals surface area contributed by atoms with Gasteiger partial charge in [-0.05, 0) is 12.1 Å². The van der Waals surface area contributed by atoms with Gasteiger partial charge in [0.1, 0.15) is 0 Å². The summed E-state index contributed by atoms with van der Waals surface area (Å²) in [6.45, 7) is 1.08. The standard InChI is InChI=1S/C10H12F3N3O2/c11-10(12,13)8-1-2-9(15-14-8)16-3-4-18-6-7(16)5-17/h1-2,7,17H,3-6H2. The second-order valence-corrected chi connectivity index (χ2v) is 3.88. The molecular weight excluding hydrogens is 251 g/mol. The van der Waals surface area contributed by atoms with E-state index in [2.05, 4.69) is 10.2 Å². The van der Waals surface area contributed by atoms with E-state index in [1.165, 1.54) is 6.07 Å². The van der Waals surface area contributed by atoms with Crippen molar-refractivity contribution >= 4 is 5.82 Å². The fourth-order valence-electron chi connectivity index (χ4n) is 1.74. The van der Waals surface area contributed by atoms with Crippen molar-refractivity contribution in [1.29, 1.82) is 0 Å². The topological polar surface area (TPSA) is 58.5 Å². The Bertz CT molecular complexity index is 396. The van der Waals surface area contributed by atoms with Crippen LogP contribution in [-0.4, -0.2) is 47.7 Å². The predicted molar refractivity (Wildman–Crippen MR) is 56.1 cm³/mol. The van der Waals surface area contributed by atoms with Crippen LogP contribution in [0.1, 0.15) is 5.69 Å². The zero-order valence-electron chi connectivity index (χ0n) is 9.39. The highest BCUT2D eigenvalue weighted by atomic mass is 19.4. The van der Waals surface area contributed by atoms with Crippen molar-refractivity contribution < 1.29 is 23.0 Å². The summed E-state index contributed by atoms with van der Waals surface area (Å²) in [6, 6.07) is 1.83. The van der Waals surface area contributed by atoms with Crippen molar-refractivity contribution in [3.8, 4) is 0 Å². The summed E-state index contributed by atoms with van der Waals surface area (Å²) in [6.07, 6.45) is -4.49. The Kier molecular flexibility index (Phi) is 3.67. The lowest BCUT2D eigenvalue weighted by Crippen LogP contribution is -2.48. The van der Waals surface area contributed by atoms with Crippen molar-refractivity contribution in [2.24, 2.45) is 0 Å². The molecule has 100 valence electrons. The van der Waals surface area contributed by atoms with Crippen molar-refractivity contribution in [2.75, 3.05) is 31.3 Å². The summed E-state index contributed by atoms with van der Waals surface area (Å²) in [5.41, 5.74) is -1.03. The van der Waals surface area contributed by atoms with Crippen LogP contribution in [0, 0.1) is 0 Å². The second kappa shape index (κ2) is 5.07. The molecule has 1 aliphatic rings. The van der Waals surface area contributed by atoms with Gasteiger partial charge in [-0.25, -0.2) is 0 Å². The fraction of sp³-hybridized carbons (Fsp3) is 0.600. The molecule has 1 aromatic heterocycles. The summed E-state index contributed by atoms with van der Waals surface area (Å²) in [7, 11) is 0. The zero-order valence-corrected chi connectivity index (χ0v) is 9.39. The third-order valence-corrected chi connectivity index (χ3v) is 2.67.